The summed E-state index contributed by atoms with van der Waals surface area (Å²) in [7, 11) is 1.94. The van der Waals surface area contributed by atoms with Crippen molar-refractivity contribution in [3.8, 4) is 11.1 Å². The number of nitrogens with zero attached hydrogens (tertiary/aromatic N) is 5. The number of nitrogens with one attached hydrogen (secondary N) is 1. The van der Waals surface area contributed by atoms with E-state index in [9.17, 15) is 9.59 Å². The van der Waals surface area contributed by atoms with E-state index in [1.54, 1.807) is 23.2 Å². The van der Waals surface area contributed by atoms with Gasteiger partial charge in [-0.2, -0.15) is 0 Å². The molecule has 0 saturated carbocycles. The number of aromatic nitrogens is 4. The summed E-state index contributed by atoms with van der Waals surface area (Å²) in [6, 6.07) is 14.6. The molecule has 1 atom stereocenters. The lowest BCUT2D eigenvalue weighted by Crippen LogP contribution is -2.44. The summed E-state index contributed by atoms with van der Waals surface area (Å²) in [5.74, 6) is 0.281. The van der Waals surface area contributed by atoms with Crippen LogP contribution in [0.3, 0.4) is 0 Å². The number of carbonyl (C=O) groups is 2. The van der Waals surface area contributed by atoms with Crippen molar-refractivity contribution in [3.05, 3.63) is 66.1 Å². The van der Waals surface area contributed by atoms with Crippen LogP contribution >= 0.6 is 23.4 Å². The summed E-state index contributed by atoms with van der Waals surface area (Å²) in [6.45, 7) is 0.549. The third kappa shape index (κ3) is 4.87. The van der Waals surface area contributed by atoms with E-state index in [1.807, 2.05) is 48.0 Å². The van der Waals surface area contributed by atoms with Gasteiger partial charge in [0.05, 0.1) is 16.8 Å². The third-order valence-electron chi connectivity index (χ3n) is 6.06. The van der Waals surface area contributed by atoms with E-state index in [4.69, 9.17) is 11.6 Å². The topological polar surface area (TPSA) is 93.0 Å². The highest BCUT2D eigenvalue weighted by molar-refractivity contribution is 7.99. The standard InChI is InChI=1S/C25H23ClN6O2S/c1-31-20-6-3-2-5-19(20)29-25(31)35-14-22(33)32-12-4-7-21(32)24(34)30-23-18(13-27-15-28-23)16-8-10-17(26)11-9-16/h2-3,5-6,8-11,13,15,21H,4,7,12,14H2,1H3,(H,27,28,30,34)/t21-/m0/s1. The third-order valence-corrected chi connectivity index (χ3v) is 7.32. The average molecular weight is 507 g/mol. The van der Waals surface area contributed by atoms with Gasteiger partial charge in [0, 0.05) is 30.4 Å². The van der Waals surface area contributed by atoms with E-state index >= 15 is 0 Å². The van der Waals surface area contributed by atoms with Crippen molar-refractivity contribution in [1.29, 1.82) is 0 Å². The Morgan fingerprint density at radius 1 is 1.17 bits per heavy atom. The zero-order chi connectivity index (χ0) is 24.4. The Kier molecular flexibility index (Phi) is 6.70. The van der Waals surface area contributed by atoms with Crippen LogP contribution in [-0.2, 0) is 16.6 Å². The Morgan fingerprint density at radius 2 is 1.97 bits per heavy atom. The van der Waals surface area contributed by atoms with Gasteiger partial charge in [-0.1, -0.05) is 47.6 Å². The largest absolute Gasteiger partial charge is 0.330 e. The molecule has 2 aromatic carbocycles. The van der Waals surface area contributed by atoms with Crippen LogP contribution in [0.25, 0.3) is 22.2 Å². The van der Waals surface area contributed by atoms with Crippen LogP contribution < -0.4 is 5.32 Å². The van der Waals surface area contributed by atoms with E-state index < -0.39 is 6.04 Å². The SMILES string of the molecule is Cn1c(SCC(=O)N2CCC[C@H]2C(=O)Nc2ncncc2-c2ccc(Cl)cc2)nc2ccccc21. The fourth-order valence-corrected chi connectivity index (χ4v) is 5.27. The minimum Gasteiger partial charge on any atom is -0.330 e. The van der Waals surface area contributed by atoms with E-state index in [1.165, 1.54) is 18.1 Å². The minimum absolute atomic E-state index is 0.0830. The van der Waals surface area contributed by atoms with Gasteiger partial charge in [0.15, 0.2) is 5.16 Å². The lowest BCUT2D eigenvalue weighted by Gasteiger charge is -2.24. The van der Waals surface area contributed by atoms with Gasteiger partial charge in [-0.15, -0.1) is 0 Å². The molecule has 2 amide bonds. The maximum Gasteiger partial charge on any atom is 0.248 e. The van der Waals surface area contributed by atoms with E-state index in [2.05, 4.69) is 20.3 Å². The van der Waals surface area contributed by atoms with Crippen molar-refractivity contribution in [3.63, 3.8) is 0 Å². The van der Waals surface area contributed by atoms with Gasteiger partial charge in [0.2, 0.25) is 11.8 Å². The van der Waals surface area contributed by atoms with Crippen molar-refractivity contribution in [2.24, 2.45) is 7.05 Å². The summed E-state index contributed by atoms with van der Waals surface area (Å²) in [5.41, 5.74) is 3.43. The molecule has 0 unspecified atom stereocenters. The average Bonchev–Trinajstić information content (AvgIpc) is 3.49. The van der Waals surface area contributed by atoms with Crippen LogP contribution in [0.4, 0.5) is 5.82 Å². The molecule has 1 fully saturated rings. The Bertz CT molecular complexity index is 1390. The first-order valence-corrected chi connectivity index (χ1v) is 12.6. The molecule has 3 heterocycles. The van der Waals surface area contributed by atoms with Crippen LogP contribution in [0.5, 0.6) is 0 Å². The lowest BCUT2D eigenvalue weighted by atomic mass is 10.1. The Labute approximate surface area is 211 Å². The highest BCUT2D eigenvalue weighted by atomic mass is 35.5. The molecule has 1 aliphatic heterocycles. The second-order valence-electron chi connectivity index (χ2n) is 8.26. The van der Waals surface area contributed by atoms with Crippen molar-refractivity contribution >= 4 is 52.0 Å². The van der Waals surface area contributed by atoms with Crippen LogP contribution in [0.2, 0.25) is 5.02 Å². The molecule has 0 spiro atoms. The maximum atomic E-state index is 13.2. The number of hydrogen-bond acceptors (Lipinski definition) is 6. The number of halogens is 1. The minimum atomic E-state index is -0.545. The number of imidazole rings is 1. The number of carbonyl (C=O) groups excluding carboxylic acids is 2. The highest BCUT2D eigenvalue weighted by Gasteiger charge is 2.34. The molecule has 1 aliphatic rings. The Balaban J connectivity index is 1.27. The van der Waals surface area contributed by atoms with Crippen molar-refractivity contribution in [1.82, 2.24) is 24.4 Å². The predicted octanol–water partition coefficient (Wildman–Crippen LogP) is 4.41. The molecule has 0 radical (unpaired) electrons. The molecule has 1 saturated heterocycles. The van der Waals surface area contributed by atoms with E-state index in [0.717, 1.165) is 28.2 Å². The first-order chi connectivity index (χ1) is 17.0. The van der Waals surface area contributed by atoms with Crippen molar-refractivity contribution in [2.75, 3.05) is 17.6 Å². The molecule has 10 heteroatoms. The first kappa shape index (κ1) is 23.3. The number of para-hydroxylation sites is 2. The van der Waals surface area contributed by atoms with Crippen molar-refractivity contribution in [2.45, 2.75) is 24.0 Å². The number of likely N-dealkylation sites (tertiary alicyclic amines) is 1. The van der Waals surface area contributed by atoms with Crippen LogP contribution in [0.15, 0.2) is 66.2 Å². The number of thioether (sulfide) groups is 1. The predicted molar refractivity (Wildman–Crippen MR) is 137 cm³/mol. The summed E-state index contributed by atoms with van der Waals surface area (Å²) >= 11 is 7.39. The van der Waals surface area contributed by atoms with E-state index in [0.29, 0.717) is 29.4 Å². The number of rotatable bonds is 6. The number of amides is 2. The Hall–Kier alpha value is -3.43. The number of fused-ring (bicyclic) bond motifs is 1. The fraction of sp³-hybridized carbons (Fsp3) is 0.240. The summed E-state index contributed by atoms with van der Waals surface area (Å²) < 4.78 is 1.98. The molecule has 0 bridgehead atoms. The van der Waals surface area contributed by atoms with Gasteiger partial charge in [-0.05, 0) is 42.7 Å². The van der Waals surface area contributed by atoms with Gasteiger partial charge in [0.25, 0.3) is 0 Å². The molecular formula is C25H23ClN6O2S. The molecule has 178 valence electrons. The lowest BCUT2D eigenvalue weighted by molar-refractivity contribution is -0.134. The van der Waals surface area contributed by atoms with Crippen LogP contribution in [0, 0.1) is 0 Å². The Morgan fingerprint density at radius 3 is 2.77 bits per heavy atom. The molecular weight excluding hydrogens is 484 g/mol. The van der Waals surface area contributed by atoms with Gasteiger partial charge in [-0.3, -0.25) is 9.59 Å². The quantitative estimate of drug-likeness (QED) is 0.389. The maximum absolute atomic E-state index is 13.2. The molecule has 8 nitrogen and oxygen atoms in total. The molecule has 35 heavy (non-hydrogen) atoms. The van der Waals surface area contributed by atoms with Gasteiger partial charge < -0.3 is 14.8 Å². The van der Waals surface area contributed by atoms with Gasteiger partial charge in [-0.25, -0.2) is 15.0 Å². The number of benzene rings is 2. The van der Waals surface area contributed by atoms with Gasteiger partial charge >= 0.3 is 0 Å². The summed E-state index contributed by atoms with van der Waals surface area (Å²) in [6.07, 6.45) is 4.42. The number of anilines is 1. The van der Waals surface area contributed by atoms with Gasteiger partial charge in [0.1, 0.15) is 18.2 Å². The molecule has 2 aromatic heterocycles. The molecule has 4 aromatic rings. The first-order valence-electron chi connectivity index (χ1n) is 11.2. The monoisotopic (exact) mass is 506 g/mol. The number of hydrogen-bond donors (Lipinski definition) is 1. The van der Waals surface area contributed by atoms with Crippen LogP contribution in [-0.4, -0.2) is 54.6 Å². The molecule has 1 N–H and O–H groups in total. The fourth-order valence-electron chi connectivity index (χ4n) is 4.27. The summed E-state index contributed by atoms with van der Waals surface area (Å²) in [5, 5.41) is 4.30. The summed E-state index contributed by atoms with van der Waals surface area (Å²) in [4.78, 5) is 40.9. The van der Waals surface area contributed by atoms with Crippen molar-refractivity contribution < 1.29 is 9.59 Å². The normalized spacial score (nSPS) is 15.5. The highest BCUT2D eigenvalue weighted by Crippen LogP contribution is 2.28. The smallest absolute Gasteiger partial charge is 0.248 e. The second-order valence-corrected chi connectivity index (χ2v) is 9.64. The number of aryl methyl sites for hydroxylation is 1. The molecule has 0 aliphatic carbocycles. The zero-order valence-corrected chi connectivity index (χ0v) is 20.6. The van der Waals surface area contributed by atoms with E-state index in [-0.39, 0.29) is 17.6 Å². The van der Waals surface area contributed by atoms with Crippen LogP contribution in [0.1, 0.15) is 12.8 Å². The molecule has 5 rings (SSSR count). The zero-order valence-electron chi connectivity index (χ0n) is 19.0. The second kappa shape index (κ2) is 10.1.